The first-order valence-electron chi connectivity index (χ1n) is 11.4. The van der Waals surface area contributed by atoms with Gasteiger partial charge < -0.3 is 24.8 Å². The number of amides is 1. The van der Waals surface area contributed by atoms with E-state index in [0.717, 1.165) is 73.6 Å². The molecule has 1 saturated carbocycles. The number of fused-ring (bicyclic) bond motifs is 1. The topological polar surface area (TPSA) is 68.8 Å². The van der Waals surface area contributed by atoms with E-state index in [1.54, 1.807) is 0 Å². The van der Waals surface area contributed by atoms with Crippen LogP contribution >= 0.6 is 0 Å². The summed E-state index contributed by atoms with van der Waals surface area (Å²) in [4.78, 5) is 13.0. The fourth-order valence-corrected chi connectivity index (χ4v) is 4.85. The van der Waals surface area contributed by atoms with E-state index in [9.17, 15) is 4.79 Å². The molecule has 1 saturated heterocycles. The molecular weight excluding hydrogens is 392 g/mol. The van der Waals surface area contributed by atoms with Crippen LogP contribution < -0.4 is 24.8 Å². The highest BCUT2D eigenvalue weighted by molar-refractivity contribution is 5.95. The second-order valence-corrected chi connectivity index (χ2v) is 8.80. The van der Waals surface area contributed by atoms with Gasteiger partial charge in [-0.3, -0.25) is 4.79 Å². The minimum absolute atomic E-state index is 0.0571. The Bertz CT molecular complexity index is 917. The van der Waals surface area contributed by atoms with Crippen LogP contribution in [0.4, 0.5) is 0 Å². The maximum Gasteiger partial charge on any atom is 0.251 e. The lowest BCUT2D eigenvalue weighted by atomic mass is 9.91. The molecule has 164 valence electrons. The summed E-state index contributed by atoms with van der Waals surface area (Å²) in [5.74, 6) is 3.00. The number of benzene rings is 2. The summed E-state index contributed by atoms with van der Waals surface area (Å²) >= 11 is 0. The van der Waals surface area contributed by atoms with Crippen molar-refractivity contribution in [2.45, 2.75) is 50.7 Å². The minimum atomic E-state index is 0.0571. The van der Waals surface area contributed by atoms with Gasteiger partial charge in [0.05, 0.1) is 6.10 Å². The number of nitrogens with one attached hydrogen (secondary N) is 2. The molecule has 1 amide bonds. The van der Waals surface area contributed by atoms with Crippen molar-refractivity contribution in [3.8, 4) is 17.2 Å². The zero-order valence-electron chi connectivity index (χ0n) is 17.8. The normalized spacial score (nSPS) is 24.7. The molecule has 2 heterocycles. The Morgan fingerprint density at radius 1 is 1.03 bits per heavy atom. The number of hydrogen-bond acceptors (Lipinski definition) is 5. The van der Waals surface area contributed by atoms with Gasteiger partial charge in [0.2, 0.25) is 6.79 Å². The summed E-state index contributed by atoms with van der Waals surface area (Å²) in [6, 6.07) is 14.0. The fraction of sp³-hybridized carbons (Fsp3) is 0.480. The monoisotopic (exact) mass is 422 g/mol. The molecule has 0 aromatic heterocycles. The molecule has 0 radical (unpaired) electrons. The molecule has 2 fully saturated rings. The largest absolute Gasteiger partial charge is 0.490 e. The van der Waals surface area contributed by atoms with Crippen LogP contribution in [0.2, 0.25) is 0 Å². The van der Waals surface area contributed by atoms with E-state index in [1.807, 2.05) is 36.4 Å². The van der Waals surface area contributed by atoms with Gasteiger partial charge in [-0.1, -0.05) is 18.2 Å². The maximum atomic E-state index is 13.0. The number of ether oxygens (including phenoxy) is 3. The first kappa shape index (κ1) is 20.2. The summed E-state index contributed by atoms with van der Waals surface area (Å²) < 4.78 is 16.9. The van der Waals surface area contributed by atoms with Crippen LogP contribution in [0.15, 0.2) is 42.5 Å². The lowest BCUT2D eigenvalue weighted by Gasteiger charge is -2.29. The van der Waals surface area contributed by atoms with Crippen LogP contribution in [-0.4, -0.2) is 37.9 Å². The van der Waals surface area contributed by atoms with Gasteiger partial charge in [-0.05, 0) is 81.3 Å². The van der Waals surface area contributed by atoms with Crippen LogP contribution in [0.3, 0.4) is 0 Å². The number of carbonyl (C=O) groups excluding carboxylic acids is 1. The summed E-state index contributed by atoms with van der Waals surface area (Å²) in [5.41, 5.74) is 1.99. The van der Waals surface area contributed by atoms with Crippen molar-refractivity contribution in [2.24, 2.45) is 5.92 Å². The SMILES string of the molecule is O=C(NC1CCC(Oc2ccc3c(c2)OCO3)CC1)c1ccccc1CC1CCNC1. The molecular formula is C25H30N2O4. The third kappa shape index (κ3) is 4.79. The smallest absolute Gasteiger partial charge is 0.251 e. The summed E-state index contributed by atoms with van der Waals surface area (Å²) in [7, 11) is 0. The molecule has 2 N–H and O–H groups in total. The predicted octanol–water partition coefficient (Wildman–Crippen LogP) is 3.69. The van der Waals surface area contributed by atoms with E-state index < -0.39 is 0 Å². The minimum Gasteiger partial charge on any atom is -0.490 e. The summed E-state index contributed by atoms with van der Waals surface area (Å²) in [5, 5.41) is 6.69. The third-order valence-electron chi connectivity index (χ3n) is 6.59. The number of hydrogen-bond donors (Lipinski definition) is 2. The van der Waals surface area contributed by atoms with Gasteiger partial charge in [0.1, 0.15) is 5.75 Å². The van der Waals surface area contributed by atoms with Gasteiger partial charge in [0.15, 0.2) is 11.5 Å². The van der Waals surface area contributed by atoms with E-state index in [4.69, 9.17) is 14.2 Å². The first-order chi connectivity index (χ1) is 15.2. The number of rotatable bonds is 6. The molecule has 5 rings (SSSR count). The molecule has 31 heavy (non-hydrogen) atoms. The first-order valence-corrected chi connectivity index (χ1v) is 11.4. The quantitative estimate of drug-likeness (QED) is 0.743. The molecule has 0 bridgehead atoms. The maximum absolute atomic E-state index is 13.0. The van der Waals surface area contributed by atoms with E-state index in [2.05, 4.69) is 16.7 Å². The van der Waals surface area contributed by atoms with Gasteiger partial charge in [-0.2, -0.15) is 0 Å². The highest BCUT2D eigenvalue weighted by atomic mass is 16.7. The predicted molar refractivity (Wildman–Crippen MR) is 118 cm³/mol. The average Bonchev–Trinajstić information content (AvgIpc) is 3.47. The lowest BCUT2D eigenvalue weighted by molar-refractivity contribution is 0.0892. The zero-order chi connectivity index (χ0) is 21.0. The molecule has 2 aromatic carbocycles. The van der Waals surface area contributed by atoms with E-state index in [0.29, 0.717) is 5.92 Å². The lowest BCUT2D eigenvalue weighted by Crippen LogP contribution is -2.40. The van der Waals surface area contributed by atoms with Crippen molar-refractivity contribution < 1.29 is 19.0 Å². The van der Waals surface area contributed by atoms with Crippen molar-refractivity contribution in [3.05, 3.63) is 53.6 Å². The van der Waals surface area contributed by atoms with Crippen LogP contribution in [-0.2, 0) is 6.42 Å². The number of carbonyl (C=O) groups is 1. The van der Waals surface area contributed by atoms with Crippen molar-refractivity contribution >= 4 is 5.91 Å². The molecule has 6 nitrogen and oxygen atoms in total. The highest BCUT2D eigenvalue weighted by Gasteiger charge is 2.26. The van der Waals surface area contributed by atoms with Crippen LogP contribution in [0.25, 0.3) is 0 Å². The molecule has 2 aliphatic heterocycles. The van der Waals surface area contributed by atoms with Crippen LogP contribution in [0.5, 0.6) is 17.2 Å². The van der Waals surface area contributed by atoms with Gasteiger partial charge in [-0.25, -0.2) is 0 Å². The van der Waals surface area contributed by atoms with Crippen molar-refractivity contribution in [2.75, 3.05) is 19.9 Å². The Kier molecular flexibility index (Phi) is 5.98. The van der Waals surface area contributed by atoms with Crippen molar-refractivity contribution in [1.29, 1.82) is 0 Å². The zero-order valence-corrected chi connectivity index (χ0v) is 17.8. The molecule has 0 spiro atoms. The second-order valence-electron chi connectivity index (χ2n) is 8.80. The standard InChI is InChI=1S/C25H30N2O4/c28-25(22-4-2-1-3-18(22)13-17-11-12-26-15-17)27-19-5-7-20(8-6-19)31-21-9-10-23-24(14-21)30-16-29-23/h1-4,9-10,14,17,19-20,26H,5-8,11-13,15-16H2,(H,27,28). The van der Waals surface area contributed by atoms with Gasteiger partial charge in [0, 0.05) is 17.7 Å². The molecule has 1 atom stereocenters. The molecule has 2 aromatic rings. The highest BCUT2D eigenvalue weighted by Crippen LogP contribution is 2.36. The Labute approximate surface area is 183 Å². The van der Waals surface area contributed by atoms with Crippen LogP contribution in [0.1, 0.15) is 48.0 Å². The van der Waals surface area contributed by atoms with Gasteiger partial charge >= 0.3 is 0 Å². The van der Waals surface area contributed by atoms with E-state index in [1.165, 1.54) is 6.42 Å². The second kappa shape index (κ2) is 9.18. The van der Waals surface area contributed by atoms with Gasteiger partial charge in [0.25, 0.3) is 5.91 Å². The Balaban J connectivity index is 1.13. The van der Waals surface area contributed by atoms with Crippen molar-refractivity contribution in [3.63, 3.8) is 0 Å². The molecule has 1 aliphatic carbocycles. The molecule has 6 heteroatoms. The summed E-state index contributed by atoms with van der Waals surface area (Å²) in [6.45, 7) is 2.39. The molecule has 1 unspecified atom stereocenters. The Morgan fingerprint density at radius 2 is 1.87 bits per heavy atom. The van der Waals surface area contributed by atoms with E-state index >= 15 is 0 Å². The molecule has 3 aliphatic rings. The summed E-state index contributed by atoms with van der Waals surface area (Å²) in [6.07, 6.45) is 6.01. The third-order valence-corrected chi connectivity index (χ3v) is 6.59. The van der Waals surface area contributed by atoms with E-state index in [-0.39, 0.29) is 24.8 Å². The Morgan fingerprint density at radius 3 is 2.71 bits per heavy atom. The van der Waals surface area contributed by atoms with Crippen LogP contribution in [0, 0.1) is 5.92 Å². The average molecular weight is 423 g/mol. The fourth-order valence-electron chi connectivity index (χ4n) is 4.85. The Hall–Kier alpha value is -2.73. The van der Waals surface area contributed by atoms with Crippen molar-refractivity contribution in [1.82, 2.24) is 10.6 Å². The van der Waals surface area contributed by atoms with Gasteiger partial charge in [-0.15, -0.1) is 0 Å².